The molecule has 26 heavy (non-hydrogen) atoms. The Balaban J connectivity index is 2.06. The molecule has 2 aromatic rings. The molecule has 0 radical (unpaired) electrons. The molecule has 1 heterocycles. The van der Waals surface area contributed by atoms with Crippen LogP contribution in [-0.4, -0.2) is 43.9 Å². The molecule has 0 saturated heterocycles. The van der Waals surface area contributed by atoms with Crippen molar-refractivity contribution in [3.63, 3.8) is 0 Å². The van der Waals surface area contributed by atoms with Crippen LogP contribution in [0, 0.1) is 12.3 Å². The summed E-state index contributed by atoms with van der Waals surface area (Å²) in [5, 5.41) is 5.76. The highest BCUT2D eigenvalue weighted by molar-refractivity contribution is 6.03. The standard InChI is InChI=1S/C20H27N3O3/c1-14-8-9-15(18(24)21-12-20(2,3)13-23(4)5)11-16(14)22-19(25)17-7-6-10-26-17/h6-11H,12-13H2,1-5H3,(H,21,24)(H,22,25). The third-order valence-corrected chi connectivity index (χ3v) is 3.96. The van der Waals surface area contributed by atoms with Crippen molar-refractivity contribution < 1.29 is 14.0 Å². The summed E-state index contributed by atoms with van der Waals surface area (Å²) in [5.41, 5.74) is 1.92. The lowest BCUT2D eigenvalue weighted by Gasteiger charge is -2.28. The lowest BCUT2D eigenvalue weighted by Crippen LogP contribution is -2.40. The van der Waals surface area contributed by atoms with Crippen molar-refractivity contribution >= 4 is 17.5 Å². The quantitative estimate of drug-likeness (QED) is 0.798. The predicted molar refractivity (Wildman–Crippen MR) is 103 cm³/mol. The lowest BCUT2D eigenvalue weighted by molar-refractivity contribution is 0.0928. The average Bonchev–Trinajstić information content (AvgIpc) is 3.08. The zero-order valence-electron chi connectivity index (χ0n) is 16.1. The molecule has 0 atom stereocenters. The van der Waals surface area contributed by atoms with E-state index in [2.05, 4.69) is 29.4 Å². The van der Waals surface area contributed by atoms with Gasteiger partial charge in [-0.25, -0.2) is 0 Å². The Kier molecular flexibility index (Phi) is 6.21. The number of nitrogens with one attached hydrogen (secondary N) is 2. The zero-order chi connectivity index (χ0) is 19.3. The normalized spacial score (nSPS) is 11.5. The average molecular weight is 357 g/mol. The van der Waals surface area contributed by atoms with Gasteiger partial charge in [0.1, 0.15) is 0 Å². The largest absolute Gasteiger partial charge is 0.459 e. The number of nitrogens with zero attached hydrogens (tertiary/aromatic N) is 1. The Hall–Kier alpha value is -2.60. The monoisotopic (exact) mass is 357 g/mol. The first-order valence-corrected chi connectivity index (χ1v) is 8.56. The Labute approximate surface area is 154 Å². The maximum atomic E-state index is 12.5. The van der Waals surface area contributed by atoms with E-state index in [0.717, 1.165) is 12.1 Å². The molecular weight excluding hydrogens is 330 g/mol. The molecule has 0 aliphatic carbocycles. The molecule has 6 heteroatoms. The van der Waals surface area contributed by atoms with Gasteiger partial charge in [0, 0.05) is 24.3 Å². The summed E-state index contributed by atoms with van der Waals surface area (Å²) in [5.74, 6) is -0.280. The Morgan fingerprint density at radius 2 is 1.88 bits per heavy atom. The van der Waals surface area contributed by atoms with E-state index in [1.165, 1.54) is 6.26 Å². The van der Waals surface area contributed by atoms with Crippen LogP contribution < -0.4 is 10.6 Å². The van der Waals surface area contributed by atoms with E-state index in [0.29, 0.717) is 17.8 Å². The number of amides is 2. The van der Waals surface area contributed by atoms with E-state index in [4.69, 9.17) is 4.42 Å². The molecule has 0 aliphatic rings. The minimum Gasteiger partial charge on any atom is -0.459 e. The van der Waals surface area contributed by atoms with Gasteiger partial charge < -0.3 is 20.0 Å². The molecule has 2 amide bonds. The summed E-state index contributed by atoms with van der Waals surface area (Å²) in [6.07, 6.45) is 1.45. The van der Waals surface area contributed by atoms with Crippen LogP contribution in [-0.2, 0) is 0 Å². The van der Waals surface area contributed by atoms with E-state index in [-0.39, 0.29) is 23.0 Å². The molecule has 1 aromatic heterocycles. The third kappa shape index (κ3) is 5.46. The smallest absolute Gasteiger partial charge is 0.291 e. The molecule has 140 valence electrons. The lowest BCUT2D eigenvalue weighted by atomic mass is 9.93. The number of rotatable bonds is 7. The van der Waals surface area contributed by atoms with Crippen LogP contribution in [0.4, 0.5) is 5.69 Å². The summed E-state index contributed by atoms with van der Waals surface area (Å²) in [4.78, 5) is 26.8. The number of aryl methyl sites for hydroxylation is 1. The van der Waals surface area contributed by atoms with Crippen molar-refractivity contribution in [3.8, 4) is 0 Å². The molecule has 0 fully saturated rings. The zero-order valence-corrected chi connectivity index (χ0v) is 16.1. The molecule has 1 aromatic carbocycles. The fourth-order valence-corrected chi connectivity index (χ4v) is 2.82. The van der Waals surface area contributed by atoms with Crippen molar-refractivity contribution in [2.75, 3.05) is 32.5 Å². The third-order valence-electron chi connectivity index (χ3n) is 3.96. The first-order chi connectivity index (χ1) is 12.2. The molecule has 0 aliphatic heterocycles. The summed E-state index contributed by atoms with van der Waals surface area (Å²) in [7, 11) is 4.02. The molecule has 0 bridgehead atoms. The first-order valence-electron chi connectivity index (χ1n) is 8.56. The number of carbonyl (C=O) groups excluding carboxylic acids is 2. The second kappa shape index (κ2) is 8.19. The molecule has 0 unspecified atom stereocenters. The minimum atomic E-state index is -0.345. The maximum Gasteiger partial charge on any atom is 0.291 e. The number of carbonyl (C=O) groups is 2. The molecular formula is C20H27N3O3. The fourth-order valence-electron chi connectivity index (χ4n) is 2.82. The first kappa shape index (κ1) is 19.7. The summed E-state index contributed by atoms with van der Waals surface area (Å²) < 4.78 is 5.10. The SMILES string of the molecule is Cc1ccc(C(=O)NCC(C)(C)CN(C)C)cc1NC(=O)c1ccco1. The van der Waals surface area contributed by atoms with Crippen molar-refractivity contribution in [2.24, 2.45) is 5.41 Å². The summed E-state index contributed by atoms with van der Waals surface area (Å²) in [6.45, 7) is 7.52. The van der Waals surface area contributed by atoms with Gasteiger partial charge in [0.15, 0.2) is 5.76 Å². The van der Waals surface area contributed by atoms with Crippen LogP contribution in [0.25, 0.3) is 0 Å². The van der Waals surface area contributed by atoms with Gasteiger partial charge in [-0.15, -0.1) is 0 Å². The van der Waals surface area contributed by atoms with E-state index >= 15 is 0 Å². The van der Waals surface area contributed by atoms with Crippen LogP contribution in [0.2, 0.25) is 0 Å². The van der Waals surface area contributed by atoms with Crippen molar-refractivity contribution in [2.45, 2.75) is 20.8 Å². The highest BCUT2D eigenvalue weighted by atomic mass is 16.3. The fraction of sp³-hybridized carbons (Fsp3) is 0.400. The molecule has 6 nitrogen and oxygen atoms in total. The molecule has 0 spiro atoms. The number of hydrogen-bond acceptors (Lipinski definition) is 4. The van der Waals surface area contributed by atoms with E-state index in [1.54, 1.807) is 24.3 Å². The van der Waals surface area contributed by atoms with Crippen molar-refractivity contribution in [1.29, 1.82) is 0 Å². The van der Waals surface area contributed by atoms with Gasteiger partial charge >= 0.3 is 0 Å². The van der Waals surface area contributed by atoms with Gasteiger partial charge in [0.2, 0.25) is 0 Å². The summed E-state index contributed by atoms with van der Waals surface area (Å²) >= 11 is 0. The Morgan fingerprint density at radius 3 is 2.50 bits per heavy atom. The summed E-state index contributed by atoms with van der Waals surface area (Å²) in [6, 6.07) is 8.50. The van der Waals surface area contributed by atoms with E-state index in [1.807, 2.05) is 27.1 Å². The van der Waals surface area contributed by atoms with Crippen LogP contribution in [0.3, 0.4) is 0 Å². The number of benzene rings is 1. The number of hydrogen-bond donors (Lipinski definition) is 2. The van der Waals surface area contributed by atoms with Crippen LogP contribution in [0.5, 0.6) is 0 Å². The van der Waals surface area contributed by atoms with Crippen LogP contribution in [0.15, 0.2) is 41.0 Å². The predicted octanol–water partition coefficient (Wildman–Crippen LogP) is 3.16. The molecule has 2 rings (SSSR count). The van der Waals surface area contributed by atoms with E-state index in [9.17, 15) is 9.59 Å². The Morgan fingerprint density at radius 1 is 1.15 bits per heavy atom. The second-order valence-corrected chi connectivity index (χ2v) is 7.55. The number of furan rings is 1. The van der Waals surface area contributed by atoms with Gasteiger partial charge in [0.05, 0.1) is 6.26 Å². The highest BCUT2D eigenvalue weighted by Gasteiger charge is 2.20. The second-order valence-electron chi connectivity index (χ2n) is 7.55. The van der Waals surface area contributed by atoms with Crippen molar-refractivity contribution in [1.82, 2.24) is 10.2 Å². The van der Waals surface area contributed by atoms with Gasteiger partial charge in [-0.3, -0.25) is 9.59 Å². The van der Waals surface area contributed by atoms with Crippen molar-refractivity contribution in [3.05, 3.63) is 53.5 Å². The topological polar surface area (TPSA) is 74.6 Å². The van der Waals surface area contributed by atoms with Gasteiger partial charge in [-0.2, -0.15) is 0 Å². The Bertz CT molecular complexity index is 765. The van der Waals surface area contributed by atoms with Crippen LogP contribution in [0.1, 0.15) is 40.3 Å². The number of anilines is 1. The molecule has 2 N–H and O–H groups in total. The van der Waals surface area contributed by atoms with Crippen LogP contribution >= 0.6 is 0 Å². The molecule has 0 saturated carbocycles. The minimum absolute atomic E-state index is 0.0415. The van der Waals surface area contributed by atoms with Gasteiger partial charge in [-0.05, 0) is 56.3 Å². The van der Waals surface area contributed by atoms with E-state index < -0.39 is 0 Å². The maximum absolute atomic E-state index is 12.5. The van der Waals surface area contributed by atoms with Gasteiger partial charge in [-0.1, -0.05) is 19.9 Å². The highest BCUT2D eigenvalue weighted by Crippen LogP contribution is 2.19. The van der Waals surface area contributed by atoms with Gasteiger partial charge in [0.25, 0.3) is 11.8 Å².